The Morgan fingerprint density at radius 2 is 1.95 bits per heavy atom. The van der Waals surface area contributed by atoms with Gasteiger partial charge in [-0.3, -0.25) is 9.59 Å². The van der Waals surface area contributed by atoms with Crippen LogP contribution >= 0.6 is 15.9 Å². The van der Waals surface area contributed by atoms with Gasteiger partial charge in [0.15, 0.2) is 0 Å². The van der Waals surface area contributed by atoms with E-state index in [1.54, 1.807) is 0 Å². The molecule has 0 radical (unpaired) electrons. The lowest BCUT2D eigenvalue weighted by Gasteiger charge is -2.11. The molecule has 1 atom stereocenters. The standard InChI is InChI=1S/C15H20BrNO4/c1-11(2-7-15(19)20)10-17-14(18)8-9-21-13-5-3-12(16)4-6-13/h3-6,11H,2,7-10H2,1H3,(H,17,18)(H,19,20). The van der Waals surface area contributed by atoms with Gasteiger partial charge in [-0.2, -0.15) is 0 Å². The maximum Gasteiger partial charge on any atom is 0.303 e. The number of carboxylic acid groups (broad SMARTS) is 1. The van der Waals surface area contributed by atoms with Gasteiger partial charge < -0.3 is 15.2 Å². The van der Waals surface area contributed by atoms with Gasteiger partial charge >= 0.3 is 5.97 Å². The molecule has 0 bridgehead atoms. The maximum atomic E-state index is 11.6. The second-order valence-electron chi connectivity index (χ2n) is 4.89. The predicted molar refractivity (Wildman–Crippen MR) is 83.3 cm³/mol. The van der Waals surface area contributed by atoms with Crippen molar-refractivity contribution in [2.75, 3.05) is 13.2 Å². The van der Waals surface area contributed by atoms with Crippen LogP contribution in [0, 0.1) is 5.92 Å². The van der Waals surface area contributed by atoms with Gasteiger partial charge in [-0.15, -0.1) is 0 Å². The summed E-state index contributed by atoms with van der Waals surface area (Å²) in [7, 11) is 0. The smallest absolute Gasteiger partial charge is 0.303 e. The van der Waals surface area contributed by atoms with Crippen LogP contribution in [0.5, 0.6) is 5.75 Å². The molecule has 0 aliphatic heterocycles. The van der Waals surface area contributed by atoms with E-state index in [2.05, 4.69) is 21.2 Å². The maximum absolute atomic E-state index is 11.6. The lowest BCUT2D eigenvalue weighted by atomic mass is 10.1. The molecule has 0 aromatic heterocycles. The van der Waals surface area contributed by atoms with Gasteiger partial charge in [-0.25, -0.2) is 0 Å². The first-order valence-corrected chi connectivity index (χ1v) is 7.63. The van der Waals surface area contributed by atoms with E-state index in [9.17, 15) is 9.59 Å². The summed E-state index contributed by atoms with van der Waals surface area (Å²) < 4.78 is 6.43. The van der Waals surface area contributed by atoms with Crippen molar-refractivity contribution in [3.63, 3.8) is 0 Å². The average Bonchev–Trinajstić information content (AvgIpc) is 2.45. The Labute approximate surface area is 132 Å². The summed E-state index contributed by atoms with van der Waals surface area (Å²) in [6.07, 6.45) is 0.969. The molecular formula is C15H20BrNO4. The number of hydrogen-bond acceptors (Lipinski definition) is 3. The third-order valence-corrected chi connectivity index (χ3v) is 3.44. The molecule has 21 heavy (non-hydrogen) atoms. The summed E-state index contributed by atoms with van der Waals surface area (Å²) in [5.41, 5.74) is 0. The van der Waals surface area contributed by atoms with Crippen LogP contribution in [-0.2, 0) is 9.59 Å². The Kier molecular flexibility index (Phi) is 7.82. The minimum atomic E-state index is -0.809. The zero-order chi connectivity index (χ0) is 15.7. The van der Waals surface area contributed by atoms with E-state index in [0.717, 1.165) is 10.2 Å². The molecule has 1 amide bonds. The first-order chi connectivity index (χ1) is 9.97. The third kappa shape index (κ3) is 8.34. The van der Waals surface area contributed by atoms with Gasteiger partial charge in [0, 0.05) is 17.4 Å². The Hall–Kier alpha value is -1.56. The van der Waals surface area contributed by atoms with E-state index >= 15 is 0 Å². The van der Waals surface area contributed by atoms with Gasteiger partial charge in [0.1, 0.15) is 5.75 Å². The minimum Gasteiger partial charge on any atom is -0.493 e. The zero-order valence-corrected chi connectivity index (χ0v) is 13.6. The molecule has 0 heterocycles. The molecule has 0 aliphatic carbocycles. The van der Waals surface area contributed by atoms with Gasteiger partial charge in [-0.1, -0.05) is 22.9 Å². The van der Waals surface area contributed by atoms with E-state index in [4.69, 9.17) is 9.84 Å². The fourth-order valence-electron chi connectivity index (χ4n) is 1.64. The van der Waals surface area contributed by atoms with E-state index in [1.807, 2.05) is 31.2 Å². The molecule has 116 valence electrons. The van der Waals surface area contributed by atoms with Crippen LogP contribution in [0.4, 0.5) is 0 Å². The quantitative estimate of drug-likeness (QED) is 0.712. The summed E-state index contributed by atoms with van der Waals surface area (Å²) in [6.45, 7) is 2.73. The van der Waals surface area contributed by atoms with E-state index in [1.165, 1.54) is 0 Å². The highest BCUT2D eigenvalue weighted by Gasteiger charge is 2.08. The second-order valence-corrected chi connectivity index (χ2v) is 5.81. The lowest BCUT2D eigenvalue weighted by molar-refractivity contribution is -0.137. The second kappa shape index (κ2) is 9.39. The van der Waals surface area contributed by atoms with E-state index < -0.39 is 5.97 Å². The number of halogens is 1. The Morgan fingerprint density at radius 3 is 2.57 bits per heavy atom. The molecule has 0 saturated heterocycles. The number of rotatable bonds is 9. The number of aliphatic carboxylic acids is 1. The fourth-order valence-corrected chi connectivity index (χ4v) is 1.91. The van der Waals surface area contributed by atoms with Crippen LogP contribution in [0.15, 0.2) is 28.7 Å². The van der Waals surface area contributed by atoms with Crippen LogP contribution < -0.4 is 10.1 Å². The molecule has 5 nitrogen and oxygen atoms in total. The highest BCUT2D eigenvalue weighted by atomic mass is 79.9. The molecule has 1 aromatic rings. The Morgan fingerprint density at radius 1 is 1.29 bits per heavy atom. The highest BCUT2D eigenvalue weighted by molar-refractivity contribution is 9.10. The predicted octanol–water partition coefficient (Wildman–Crippen LogP) is 2.84. The summed E-state index contributed by atoms with van der Waals surface area (Å²) in [5, 5.41) is 11.4. The summed E-state index contributed by atoms with van der Waals surface area (Å²) in [5.74, 6) is -0.0244. The molecule has 1 rings (SSSR count). The number of benzene rings is 1. The number of ether oxygens (including phenoxy) is 1. The normalized spacial score (nSPS) is 11.7. The average molecular weight is 358 g/mol. The fraction of sp³-hybridized carbons (Fsp3) is 0.467. The summed E-state index contributed by atoms with van der Waals surface area (Å²) >= 11 is 3.34. The first-order valence-electron chi connectivity index (χ1n) is 6.84. The highest BCUT2D eigenvalue weighted by Crippen LogP contribution is 2.16. The van der Waals surface area contributed by atoms with Gasteiger partial charge in [0.25, 0.3) is 0 Å². The molecule has 0 fully saturated rings. The van der Waals surface area contributed by atoms with Crippen molar-refractivity contribution in [1.29, 1.82) is 0 Å². The molecule has 6 heteroatoms. The van der Waals surface area contributed by atoms with Crippen LogP contribution in [0.1, 0.15) is 26.2 Å². The van der Waals surface area contributed by atoms with E-state index in [0.29, 0.717) is 19.6 Å². The number of carboxylic acids is 1. The van der Waals surface area contributed by atoms with Gasteiger partial charge in [0.05, 0.1) is 13.0 Å². The van der Waals surface area contributed by atoms with E-state index in [-0.39, 0.29) is 24.7 Å². The Balaban J connectivity index is 2.13. The van der Waals surface area contributed by atoms with Gasteiger partial charge in [0.2, 0.25) is 5.91 Å². The summed E-state index contributed by atoms with van der Waals surface area (Å²) in [4.78, 5) is 22.0. The van der Waals surface area contributed by atoms with Crippen molar-refractivity contribution in [3.05, 3.63) is 28.7 Å². The minimum absolute atomic E-state index is 0.0886. The molecule has 2 N–H and O–H groups in total. The van der Waals surface area contributed by atoms with Crippen molar-refractivity contribution in [1.82, 2.24) is 5.32 Å². The molecule has 0 aliphatic rings. The molecule has 0 spiro atoms. The third-order valence-electron chi connectivity index (χ3n) is 2.91. The lowest BCUT2D eigenvalue weighted by Crippen LogP contribution is -2.29. The van der Waals surface area contributed by atoms with Crippen LogP contribution in [0.25, 0.3) is 0 Å². The number of carbonyl (C=O) groups is 2. The number of hydrogen-bond donors (Lipinski definition) is 2. The number of nitrogens with one attached hydrogen (secondary N) is 1. The first kappa shape index (κ1) is 17.5. The largest absolute Gasteiger partial charge is 0.493 e. The van der Waals surface area contributed by atoms with Crippen molar-refractivity contribution in [3.8, 4) is 5.75 Å². The van der Waals surface area contributed by atoms with Crippen LogP contribution in [0.3, 0.4) is 0 Å². The Bertz CT molecular complexity index is 461. The number of carbonyl (C=O) groups excluding carboxylic acids is 1. The topological polar surface area (TPSA) is 75.6 Å². The van der Waals surface area contributed by atoms with Crippen molar-refractivity contribution >= 4 is 27.8 Å². The van der Waals surface area contributed by atoms with Crippen molar-refractivity contribution in [2.24, 2.45) is 5.92 Å². The van der Waals surface area contributed by atoms with Gasteiger partial charge in [-0.05, 0) is 36.6 Å². The van der Waals surface area contributed by atoms with Crippen LogP contribution in [-0.4, -0.2) is 30.1 Å². The monoisotopic (exact) mass is 357 g/mol. The van der Waals surface area contributed by atoms with Crippen molar-refractivity contribution < 1.29 is 19.4 Å². The van der Waals surface area contributed by atoms with Crippen LogP contribution in [0.2, 0.25) is 0 Å². The van der Waals surface area contributed by atoms with Crippen molar-refractivity contribution in [2.45, 2.75) is 26.2 Å². The summed E-state index contributed by atoms with van der Waals surface area (Å²) in [6, 6.07) is 7.41. The zero-order valence-electron chi connectivity index (χ0n) is 12.0. The number of amides is 1. The molecular weight excluding hydrogens is 338 g/mol. The SMILES string of the molecule is CC(CCC(=O)O)CNC(=O)CCOc1ccc(Br)cc1. The molecule has 1 unspecified atom stereocenters. The molecule has 1 aromatic carbocycles. The molecule has 0 saturated carbocycles.